The number of hydrogen-bond donors (Lipinski definition) is 0. The predicted molar refractivity (Wildman–Crippen MR) is 107 cm³/mol. The second-order valence-electron chi connectivity index (χ2n) is 7.26. The molecule has 0 unspecified atom stereocenters. The summed E-state index contributed by atoms with van der Waals surface area (Å²) in [6.07, 6.45) is 0. The fraction of sp³-hybridized carbons (Fsp3) is 0.286. The van der Waals surface area contributed by atoms with Crippen molar-refractivity contribution in [2.75, 3.05) is 0 Å². The number of thiophene rings is 1. The van der Waals surface area contributed by atoms with Crippen LogP contribution in [0.5, 0.6) is 0 Å². The van der Waals surface area contributed by atoms with Crippen molar-refractivity contribution in [3.8, 4) is 10.4 Å². The van der Waals surface area contributed by atoms with E-state index in [0.29, 0.717) is 15.5 Å². The summed E-state index contributed by atoms with van der Waals surface area (Å²) in [6.45, 7) is 3.86. The van der Waals surface area contributed by atoms with Gasteiger partial charge in [0.15, 0.2) is 0 Å². The minimum absolute atomic E-state index is 0.180. The first kappa shape index (κ1) is 22.0. The largest absolute Gasteiger partial charge is 0.380 e. The Kier molecular flexibility index (Phi) is 4.86. The van der Waals surface area contributed by atoms with E-state index in [-0.39, 0.29) is 21.9 Å². The van der Waals surface area contributed by atoms with E-state index >= 15 is 0 Å². The van der Waals surface area contributed by atoms with Gasteiger partial charge in [0.05, 0.1) is 11.3 Å². The van der Waals surface area contributed by atoms with Crippen LogP contribution >= 0.6 is 22.9 Å². The topological polar surface area (TPSA) is 26.0 Å². The smallest absolute Gasteiger partial charge is 0.361 e. The number of aryl methyl sites for hydroxylation is 3. The van der Waals surface area contributed by atoms with Crippen molar-refractivity contribution < 1.29 is 30.9 Å². The quantitative estimate of drug-likeness (QED) is 0.359. The van der Waals surface area contributed by atoms with Crippen LogP contribution in [0, 0.1) is 20.8 Å². The Hall–Kier alpha value is -2.26. The number of alkyl halides is 6. The Morgan fingerprint density at radius 1 is 0.935 bits per heavy atom. The third-order valence-electron chi connectivity index (χ3n) is 5.25. The first-order chi connectivity index (χ1) is 14.3. The van der Waals surface area contributed by atoms with Crippen LogP contribution in [0.1, 0.15) is 27.5 Å². The third-order valence-corrected chi connectivity index (χ3v) is 6.58. The van der Waals surface area contributed by atoms with Crippen molar-refractivity contribution in [1.82, 2.24) is 5.16 Å². The number of hydrogen-bond acceptors (Lipinski definition) is 3. The van der Waals surface area contributed by atoms with Crippen molar-refractivity contribution in [2.24, 2.45) is 0 Å². The summed E-state index contributed by atoms with van der Waals surface area (Å²) in [5.41, 5.74) is -3.42. The summed E-state index contributed by atoms with van der Waals surface area (Å²) < 4.78 is 93.4. The van der Waals surface area contributed by atoms with Gasteiger partial charge in [-0.1, -0.05) is 28.9 Å². The molecule has 0 atom stereocenters. The first-order valence-electron chi connectivity index (χ1n) is 8.99. The Morgan fingerprint density at radius 3 is 2.16 bits per heavy atom. The molecule has 0 radical (unpaired) electrons. The molecule has 0 amide bonds. The molecule has 0 N–H and O–H groups in total. The highest BCUT2D eigenvalue weighted by atomic mass is 35.5. The number of nitrogens with zero attached hydrogens (tertiary/aromatic N) is 1. The summed E-state index contributed by atoms with van der Waals surface area (Å²) in [5.74, 6) is -16.1. The molecule has 3 aromatic rings. The van der Waals surface area contributed by atoms with Gasteiger partial charge >= 0.3 is 17.8 Å². The zero-order valence-corrected chi connectivity index (χ0v) is 17.9. The zero-order valence-electron chi connectivity index (χ0n) is 16.3. The first-order valence-corrected chi connectivity index (χ1v) is 10.2. The van der Waals surface area contributed by atoms with Gasteiger partial charge in [0.25, 0.3) is 0 Å². The van der Waals surface area contributed by atoms with Gasteiger partial charge in [0.2, 0.25) is 0 Å². The van der Waals surface area contributed by atoms with Crippen molar-refractivity contribution in [3.63, 3.8) is 0 Å². The molecule has 0 aliphatic heterocycles. The van der Waals surface area contributed by atoms with Gasteiger partial charge in [-0.2, -0.15) is 26.3 Å². The van der Waals surface area contributed by atoms with Crippen LogP contribution < -0.4 is 0 Å². The van der Waals surface area contributed by atoms with Gasteiger partial charge in [0, 0.05) is 25.9 Å². The van der Waals surface area contributed by atoms with Gasteiger partial charge in [-0.25, -0.2) is 0 Å². The molecule has 164 valence electrons. The van der Waals surface area contributed by atoms with Crippen molar-refractivity contribution in [2.45, 2.75) is 38.5 Å². The Labute approximate surface area is 182 Å². The standard InChI is InChI=1S/C21H14ClF6NOS/c1-9-16(10(2)30-29-9)18-17(19(23,24)21(27,28)20(18,25)26)14-8-15(31-11(14)3)12-5-4-6-13(22)7-12/h4-8H,1-3H3. The highest BCUT2D eigenvalue weighted by Crippen LogP contribution is 2.65. The number of benzene rings is 1. The van der Waals surface area contributed by atoms with E-state index < -0.39 is 34.5 Å². The molecule has 2 aromatic heterocycles. The molecule has 2 nitrogen and oxygen atoms in total. The lowest BCUT2D eigenvalue weighted by Gasteiger charge is -2.25. The molecular formula is C21H14ClF6NOS. The van der Waals surface area contributed by atoms with Crippen LogP contribution in [0.3, 0.4) is 0 Å². The number of halogens is 7. The van der Waals surface area contributed by atoms with Crippen LogP contribution in [0.25, 0.3) is 21.6 Å². The van der Waals surface area contributed by atoms with E-state index in [1.165, 1.54) is 26.8 Å². The molecule has 2 heterocycles. The van der Waals surface area contributed by atoms with E-state index in [1.807, 2.05) is 0 Å². The molecule has 1 aromatic carbocycles. The Bertz CT molecular complexity index is 1210. The minimum atomic E-state index is -5.63. The van der Waals surface area contributed by atoms with Crippen LogP contribution in [-0.2, 0) is 0 Å². The van der Waals surface area contributed by atoms with Gasteiger partial charge in [-0.3, -0.25) is 0 Å². The predicted octanol–water partition coefficient (Wildman–Crippen LogP) is 7.81. The molecule has 0 bridgehead atoms. The highest BCUT2D eigenvalue weighted by molar-refractivity contribution is 7.15. The second-order valence-corrected chi connectivity index (χ2v) is 8.96. The van der Waals surface area contributed by atoms with Gasteiger partial charge in [-0.15, -0.1) is 11.3 Å². The maximum Gasteiger partial charge on any atom is 0.380 e. The molecule has 0 saturated carbocycles. The molecule has 0 saturated heterocycles. The lowest BCUT2D eigenvalue weighted by Crippen LogP contribution is -2.49. The van der Waals surface area contributed by atoms with Gasteiger partial charge in [0.1, 0.15) is 5.76 Å². The van der Waals surface area contributed by atoms with Gasteiger partial charge < -0.3 is 4.52 Å². The fourth-order valence-electron chi connectivity index (χ4n) is 3.77. The van der Waals surface area contributed by atoms with E-state index in [0.717, 1.165) is 11.3 Å². The normalized spacial score (nSPS) is 19.3. The molecule has 31 heavy (non-hydrogen) atoms. The second kappa shape index (κ2) is 6.87. The molecule has 4 rings (SSSR count). The summed E-state index contributed by atoms with van der Waals surface area (Å²) in [6, 6.07) is 7.67. The molecule has 0 fully saturated rings. The Morgan fingerprint density at radius 2 is 1.58 bits per heavy atom. The molecule has 1 aliphatic carbocycles. The number of aromatic nitrogens is 1. The molecule has 1 aliphatic rings. The van der Waals surface area contributed by atoms with Gasteiger partial charge in [-0.05, 0) is 50.1 Å². The lowest BCUT2D eigenvalue weighted by atomic mass is 9.93. The van der Waals surface area contributed by atoms with Crippen molar-refractivity contribution in [1.29, 1.82) is 0 Å². The monoisotopic (exact) mass is 477 g/mol. The average Bonchev–Trinajstić information content (AvgIpc) is 3.23. The van der Waals surface area contributed by atoms with Crippen LogP contribution in [-0.4, -0.2) is 22.9 Å². The van der Waals surface area contributed by atoms with Crippen molar-refractivity contribution in [3.05, 3.63) is 62.8 Å². The third kappa shape index (κ3) is 2.96. The molecule has 10 heteroatoms. The Balaban J connectivity index is 2.06. The highest BCUT2D eigenvalue weighted by Gasteiger charge is 2.80. The van der Waals surface area contributed by atoms with E-state index in [9.17, 15) is 26.3 Å². The lowest BCUT2D eigenvalue weighted by molar-refractivity contribution is -0.254. The summed E-state index contributed by atoms with van der Waals surface area (Å²) >= 11 is 6.99. The zero-order chi connectivity index (χ0) is 22.9. The summed E-state index contributed by atoms with van der Waals surface area (Å²) in [7, 11) is 0. The maximum atomic E-state index is 15.0. The molecule has 0 spiro atoms. The summed E-state index contributed by atoms with van der Waals surface area (Å²) in [4.78, 5) is 0.609. The summed E-state index contributed by atoms with van der Waals surface area (Å²) in [5, 5.41) is 3.87. The number of allylic oxidation sites excluding steroid dienone is 2. The van der Waals surface area contributed by atoms with E-state index in [1.54, 1.807) is 24.3 Å². The fourth-order valence-corrected chi connectivity index (χ4v) is 4.98. The van der Waals surface area contributed by atoms with E-state index in [4.69, 9.17) is 16.1 Å². The minimum Gasteiger partial charge on any atom is -0.361 e. The average molecular weight is 478 g/mol. The molecular weight excluding hydrogens is 464 g/mol. The van der Waals surface area contributed by atoms with Crippen LogP contribution in [0.2, 0.25) is 5.02 Å². The van der Waals surface area contributed by atoms with Crippen molar-refractivity contribution >= 4 is 34.1 Å². The van der Waals surface area contributed by atoms with E-state index in [2.05, 4.69) is 5.16 Å². The van der Waals surface area contributed by atoms with Crippen LogP contribution in [0.15, 0.2) is 34.9 Å². The number of rotatable bonds is 3. The maximum absolute atomic E-state index is 15.0. The van der Waals surface area contributed by atoms with Crippen LogP contribution in [0.4, 0.5) is 26.3 Å². The SMILES string of the molecule is Cc1noc(C)c1C1=C(c2cc(-c3cccc(Cl)c3)sc2C)C(F)(F)C(F)(F)C1(F)F.